The van der Waals surface area contributed by atoms with Crippen LogP contribution in [-0.4, -0.2) is 46.6 Å². The predicted octanol–water partition coefficient (Wildman–Crippen LogP) is 4.40. The Morgan fingerprint density at radius 3 is 2.69 bits per heavy atom. The minimum absolute atomic E-state index is 0.108. The summed E-state index contributed by atoms with van der Waals surface area (Å²) in [6, 6.07) is 9.96. The molecule has 2 aliphatic rings. The first-order valence-corrected chi connectivity index (χ1v) is 11.6. The standard InChI is InChI=1S/C25H32N6O/c1-17(2)24(27)19-14-18(4-5-20(19)26)21-15-28-22-6-7-23(29-31(21)22)30-11-9-25(10-12-30)8-3-13-32-16-25/h4-7,14-15,17,27H,3,8-13,16,26H2,1-2H3. The molecule has 2 saturated heterocycles. The first-order valence-electron chi connectivity index (χ1n) is 11.6. The van der Waals surface area contributed by atoms with E-state index in [1.807, 2.05) is 48.8 Å². The number of piperidine rings is 1. The summed E-state index contributed by atoms with van der Waals surface area (Å²) in [5.74, 6) is 1.09. The number of imidazole rings is 1. The summed E-state index contributed by atoms with van der Waals surface area (Å²) in [5.41, 5.74) is 11.2. The van der Waals surface area contributed by atoms with Crippen LogP contribution in [0.25, 0.3) is 16.9 Å². The monoisotopic (exact) mass is 432 g/mol. The highest BCUT2D eigenvalue weighted by Crippen LogP contribution is 2.39. The van der Waals surface area contributed by atoms with Crippen LogP contribution < -0.4 is 10.6 Å². The molecular formula is C25H32N6O. The molecular weight excluding hydrogens is 400 g/mol. The number of nitrogens with one attached hydrogen (secondary N) is 1. The van der Waals surface area contributed by atoms with Gasteiger partial charge in [0.25, 0.3) is 0 Å². The van der Waals surface area contributed by atoms with Crippen LogP contribution in [0.3, 0.4) is 0 Å². The van der Waals surface area contributed by atoms with Crippen molar-refractivity contribution in [2.45, 2.75) is 39.5 Å². The van der Waals surface area contributed by atoms with E-state index in [-0.39, 0.29) is 5.92 Å². The first kappa shape index (κ1) is 20.9. The molecule has 168 valence electrons. The van der Waals surface area contributed by atoms with Gasteiger partial charge in [0.2, 0.25) is 0 Å². The van der Waals surface area contributed by atoms with Crippen LogP contribution in [0.2, 0.25) is 0 Å². The van der Waals surface area contributed by atoms with Gasteiger partial charge in [0.15, 0.2) is 5.65 Å². The number of benzene rings is 1. The molecule has 0 radical (unpaired) electrons. The third-order valence-corrected chi connectivity index (χ3v) is 7.12. The number of hydrogen-bond donors (Lipinski definition) is 2. The number of aromatic nitrogens is 3. The lowest BCUT2D eigenvalue weighted by atomic mass is 9.74. The SMILES string of the molecule is CC(C)C(=N)c1cc(-c2cnc3ccc(N4CCC5(CCCOC5)CC4)nn23)ccc1N. The van der Waals surface area contributed by atoms with Gasteiger partial charge in [-0.1, -0.05) is 19.9 Å². The highest BCUT2D eigenvalue weighted by molar-refractivity contribution is 6.04. The van der Waals surface area contributed by atoms with Gasteiger partial charge in [0.1, 0.15) is 5.82 Å². The van der Waals surface area contributed by atoms with E-state index in [0.717, 1.165) is 67.4 Å². The molecule has 7 nitrogen and oxygen atoms in total. The molecule has 2 aromatic heterocycles. The Bertz CT molecular complexity index is 1130. The fourth-order valence-corrected chi connectivity index (χ4v) is 5.00. The molecule has 1 spiro atoms. The zero-order valence-electron chi connectivity index (χ0n) is 19.0. The van der Waals surface area contributed by atoms with Gasteiger partial charge >= 0.3 is 0 Å². The van der Waals surface area contributed by atoms with Gasteiger partial charge in [0.05, 0.1) is 18.5 Å². The summed E-state index contributed by atoms with van der Waals surface area (Å²) in [6.07, 6.45) is 6.62. The molecule has 7 heteroatoms. The average molecular weight is 433 g/mol. The topological polar surface area (TPSA) is 92.5 Å². The number of ether oxygens (including phenoxy) is 1. The third-order valence-electron chi connectivity index (χ3n) is 7.12. The highest BCUT2D eigenvalue weighted by Gasteiger charge is 2.36. The van der Waals surface area contributed by atoms with E-state index in [1.54, 1.807) is 0 Å². The number of nitrogens with two attached hydrogens (primary N) is 1. The van der Waals surface area contributed by atoms with Crippen molar-refractivity contribution in [2.24, 2.45) is 11.3 Å². The van der Waals surface area contributed by atoms with Crippen molar-refractivity contribution in [2.75, 3.05) is 36.9 Å². The van der Waals surface area contributed by atoms with E-state index >= 15 is 0 Å². The molecule has 1 aromatic carbocycles. The van der Waals surface area contributed by atoms with E-state index in [9.17, 15) is 0 Å². The molecule has 0 bridgehead atoms. The molecule has 0 amide bonds. The Kier molecular flexibility index (Phi) is 5.37. The van der Waals surface area contributed by atoms with Crippen LogP contribution in [0.15, 0.2) is 36.5 Å². The summed E-state index contributed by atoms with van der Waals surface area (Å²) in [4.78, 5) is 6.94. The average Bonchev–Trinajstić information content (AvgIpc) is 3.23. The van der Waals surface area contributed by atoms with Gasteiger partial charge in [-0.25, -0.2) is 9.50 Å². The molecule has 0 aliphatic carbocycles. The minimum atomic E-state index is 0.108. The number of fused-ring (bicyclic) bond motifs is 1. The minimum Gasteiger partial charge on any atom is -0.398 e. The molecule has 5 rings (SSSR count). The molecule has 3 aromatic rings. The third kappa shape index (κ3) is 3.75. The number of anilines is 2. The van der Waals surface area contributed by atoms with Gasteiger partial charge in [-0.15, -0.1) is 5.10 Å². The lowest BCUT2D eigenvalue weighted by molar-refractivity contribution is -0.0210. The molecule has 2 fully saturated rings. The Labute approximate surface area is 189 Å². The van der Waals surface area contributed by atoms with Crippen LogP contribution in [-0.2, 0) is 4.74 Å². The van der Waals surface area contributed by atoms with Crippen LogP contribution in [0.1, 0.15) is 45.1 Å². The van der Waals surface area contributed by atoms with Crippen molar-refractivity contribution < 1.29 is 4.74 Å². The summed E-state index contributed by atoms with van der Waals surface area (Å²) < 4.78 is 7.71. The van der Waals surface area contributed by atoms with Crippen LogP contribution in [0, 0.1) is 16.7 Å². The maximum Gasteiger partial charge on any atom is 0.154 e. The van der Waals surface area contributed by atoms with Crippen molar-refractivity contribution in [1.29, 1.82) is 5.41 Å². The van der Waals surface area contributed by atoms with E-state index < -0.39 is 0 Å². The van der Waals surface area contributed by atoms with Gasteiger partial charge in [-0.05, 0) is 61.3 Å². The number of nitrogens with zero attached hydrogens (tertiary/aromatic N) is 4. The molecule has 3 N–H and O–H groups in total. The van der Waals surface area contributed by atoms with Crippen LogP contribution in [0.4, 0.5) is 11.5 Å². The maximum absolute atomic E-state index is 8.43. The Morgan fingerprint density at radius 1 is 1.16 bits per heavy atom. The normalized spacial score (nSPS) is 18.5. The molecule has 0 saturated carbocycles. The van der Waals surface area contributed by atoms with Crippen LogP contribution in [0.5, 0.6) is 0 Å². The fraction of sp³-hybridized carbons (Fsp3) is 0.480. The van der Waals surface area contributed by atoms with Crippen molar-refractivity contribution in [3.05, 3.63) is 42.1 Å². The second-order valence-corrected chi connectivity index (χ2v) is 9.62. The van der Waals surface area contributed by atoms with Crippen molar-refractivity contribution >= 4 is 22.9 Å². The second-order valence-electron chi connectivity index (χ2n) is 9.62. The molecule has 2 aliphatic heterocycles. The molecule has 0 unspecified atom stereocenters. The Morgan fingerprint density at radius 2 is 1.97 bits per heavy atom. The van der Waals surface area contributed by atoms with Gasteiger partial charge in [0, 0.05) is 42.2 Å². The summed E-state index contributed by atoms with van der Waals surface area (Å²) in [5, 5.41) is 13.4. The van der Waals surface area contributed by atoms with E-state index in [0.29, 0.717) is 16.8 Å². The van der Waals surface area contributed by atoms with Gasteiger partial charge < -0.3 is 20.8 Å². The van der Waals surface area contributed by atoms with Gasteiger partial charge in [-0.2, -0.15) is 0 Å². The second kappa shape index (κ2) is 8.20. The Balaban J connectivity index is 1.44. The van der Waals surface area contributed by atoms with Crippen molar-refractivity contribution in [1.82, 2.24) is 14.6 Å². The van der Waals surface area contributed by atoms with Crippen molar-refractivity contribution in [3.8, 4) is 11.3 Å². The van der Waals surface area contributed by atoms with Crippen LogP contribution >= 0.6 is 0 Å². The molecule has 4 heterocycles. The van der Waals surface area contributed by atoms with E-state index in [4.69, 9.17) is 21.0 Å². The quantitative estimate of drug-likeness (QED) is 0.471. The summed E-state index contributed by atoms with van der Waals surface area (Å²) in [6.45, 7) is 7.85. The lowest BCUT2D eigenvalue weighted by Gasteiger charge is -2.44. The zero-order chi connectivity index (χ0) is 22.3. The largest absolute Gasteiger partial charge is 0.398 e. The summed E-state index contributed by atoms with van der Waals surface area (Å²) in [7, 11) is 0. The number of rotatable bonds is 4. The van der Waals surface area contributed by atoms with E-state index in [2.05, 4.69) is 16.0 Å². The van der Waals surface area contributed by atoms with Gasteiger partial charge in [-0.3, -0.25) is 0 Å². The maximum atomic E-state index is 8.43. The number of nitrogen functional groups attached to an aromatic ring is 1. The molecule has 0 atom stereocenters. The zero-order valence-corrected chi connectivity index (χ0v) is 19.0. The predicted molar refractivity (Wildman–Crippen MR) is 128 cm³/mol. The molecule has 32 heavy (non-hydrogen) atoms. The fourth-order valence-electron chi connectivity index (χ4n) is 5.00. The lowest BCUT2D eigenvalue weighted by Crippen LogP contribution is -2.44. The first-order chi connectivity index (χ1) is 15.5. The van der Waals surface area contributed by atoms with Crippen molar-refractivity contribution in [3.63, 3.8) is 0 Å². The van der Waals surface area contributed by atoms with E-state index in [1.165, 1.54) is 12.8 Å². The Hall–Kier alpha value is -2.93. The highest BCUT2D eigenvalue weighted by atomic mass is 16.5. The smallest absolute Gasteiger partial charge is 0.154 e. The summed E-state index contributed by atoms with van der Waals surface area (Å²) >= 11 is 0. The number of hydrogen-bond acceptors (Lipinski definition) is 6.